The van der Waals surface area contributed by atoms with E-state index >= 15 is 0 Å². The quantitative estimate of drug-likeness (QED) is 0.869. The number of hydrogen-bond donors (Lipinski definition) is 1. The molecule has 2 aromatic rings. The van der Waals surface area contributed by atoms with E-state index in [1.807, 2.05) is 0 Å². The predicted octanol–water partition coefficient (Wildman–Crippen LogP) is 0.825. The van der Waals surface area contributed by atoms with Crippen LogP contribution in [0.4, 0.5) is 0 Å². The topological polar surface area (TPSA) is 77.2 Å². The highest BCUT2D eigenvalue weighted by atomic mass is 16.5. The standard InChI is InChI=1S/C12H13N3O3/c1-8(16)15-12(17)14-11(7-13-15)9-3-5-10(18-2)6-4-9/h3-8,16H,1-2H3. The molecule has 1 unspecified atom stereocenters. The lowest BCUT2D eigenvalue weighted by Gasteiger charge is -2.07. The van der Waals surface area contributed by atoms with E-state index in [0.717, 1.165) is 16.0 Å². The maximum Gasteiger partial charge on any atom is 0.366 e. The van der Waals surface area contributed by atoms with E-state index in [1.54, 1.807) is 31.4 Å². The number of methoxy groups -OCH3 is 1. The molecule has 6 heteroatoms. The fraction of sp³-hybridized carbons (Fsp3) is 0.250. The first-order chi connectivity index (χ1) is 8.61. The Morgan fingerprint density at radius 3 is 2.50 bits per heavy atom. The van der Waals surface area contributed by atoms with Crippen molar-refractivity contribution >= 4 is 0 Å². The molecule has 18 heavy (non-hydrogen) atoms. The Labute approximate surface area is 103 Å². The number of aliphatic hydroxyl groups excluding tert-OH is 1. The second-order valence-electron chi connectivity index (χ2n) is 3.73. The summed E-state index contributed by atoms with van der Waals surface area (Å²) in [4.78, 5) is 15.4. The molecule has 0 amide bonds. The first-order valence-electron chi connectivity index (χ1n) is 5.40. The van der Waals surface area contributed by atoms with Crippen LogP contribution in [0.5, 0.6) is 5.75 Å². The van der Waals surface area contributed by atoms with Gasteiger partial charge in [-0.3, -0.25) is 0 Å². The SMILES string of the molecule is COc1ccc(-c2cnn(C(C)O)c(=O)n2)cc1. The predicted molar refractivity (Wildman–Crippen MR) is 65.2 cm³/mol. The molecule has 0 bridgehead atoms. The van der Waals surface area contributed by atoms with E-state index < -0.39 is 11.9 Å². The number of rotatable bonds is 3. The van der Waals surface area contributed by atoms with Gasteiger partial charge in [-0.25, -0.2) is 4.79 Å². The van der Waals surface area contributed by atoms with Crippen LogP contribution in [-0.4, -0.2) is 27.0 Å². The maximum absolute atomic E-state index is 11.6. The van der Waals surface area contributed by atoms with Crippen LogP contribution < -0.4 is 10.4 Å². The van der Waals surface area contributed by atoms with Crippen molar-refractivity contribution in [1.82, 2.24) is 14.8 Å². The van der Waals surface area contributed by atoms with E-state index in [0.29, 0.717) is 5.69 Å². The van der Waals surface area contributed by atoms with E-state index in [4.69, 9.17) is 4.74 Å². The summed E-state index contributed by atoms with van der Waals surface area (Å²) in [5, 5.41) is 13.1. The Balaban J connectivity index is 2.39. The minimum atomic E-state index is -0.991. The van der Waals surface area contributed by atoms with Crippen LogP contribution in [0.25, 0.3) is 11.3 Å². The van der Waals surface area contributed by atoms with Gasteiger partial charge in [-0.05, 0) is 31.2 Å². The normalized spacial score (nSPS) is 12.2. The van der Waals surface area contributed by atoms with Crippen molar-refractivity contribution in [3.8, 4) is 17.0 Å². The smallest absolute Gasteiger partial charge is 0.366 e. The highest BCUT2D eigenvalue weighted by molar-refractivity contribution is 5.58. The van der Waals surface area contributed by atoms with Gasteiger partial charge < -0.3 is 9.84 Å². The molecule has 1 atom stereocenters. The lowest BCUT2D eigenvalue weighted by Crippen LogP contribution is -2.28. The van der Waals surface area contributed by atoms with Gasteiger partial charge in [-0.2, -0.15) is 14.8 Å². The molecular weight excluding hydrogens is 234 g/mol. The Hall–Kier alpha value is -2.21. The summed E-state index contributed by atoms with van der Waals surface area (Å²) in [6.07, 6.45) is 0.450. The van der Waals surface area contributed by atoms with Crippen LogP contribution in [0.1, 0.15) is 13.2 Å². The summed E-state index contributed by atoms with van der Waals surface area (Å²) in [6.45, 7) is 1.45. The number of aromatic nitrogens is 3. The summed E-state index contributed by atoms with van der Waals surface area (Å²) in [6, 6.07) is 7.12. The third kappa shape index (κ3) is 2.38. The average Bonchev–Trinajstić information content (AvgIpc) is 2.38. The Morgan fingerprint density at radius 2 is 2.00 bits per heavy atom. The monoisotopic (exact) mass is 247 g/mol. The van der Waals surface area contributed by atoms with Crippen molar-refractivity contribution in [2.24, 2.45) is 0 Å². The molecule has 0 saturated carbocycles. The Kier molecular flexibility index (Phi) is 3.38. The van der Waals surface area contributed by atoms with Crippen LogP contribution >= 0.6 is 0 Å². The molecule has 6 nitrogen and oxygen atoms in total. The molecule has 0 saturated heterocycles. The molecule has 0 radical (unpaired) electrons. The van der Waals surface area contributed by atoms with Crippen LogP contribution in [0, 0.1) is 0 Å². The highest BCUT2D eigenvalue weighted by Gasteiger charge is 2.07. The lowest BCUT2D eigenvalue weighted by atomic mass is 10.1. The zero-order valence-corrected chi connectivity index (χ0v) is 10.1. The van der Waals surface area contributed by atoms with Crippen molar-refractivity contribution < 1.29 is 9.84 Å². The summed E-state index contributed by atoms with van der Waals surface area (Å²) >= 11 is 0. The zero-order valence-electron chi connectivity index (χ0n) is 10.1. The van der Waals surface area contributed by atoms with E-state index in [2.05, 4.69) is 10.1 Å². The molecule has 0 aliphatic carbocycles. The zero-order chi connectivity index (χ0) is 13.1. The van der Waals surface area contributed by atoms with Gasteiger partial charge in [0.15, 0.2) is 0 Å². The second-order valence-corrected chi connectivity index (χ2v) is 3.73. The fourth-order valence-corrected chi connectivity index (χ4v) is 1.51. The molecular formula is C12H13N3O3. The van der Waals surface area contributed by atoms with Crippen molar-refractivity contribution in [3.63, 3.8) is 0 Å². The van der Waals surface area contributed by atoms with Crippen molar-refractivity contribution in [3.05, 3.63) is 40.9 Å². The van der Waals surface area contributed by atoms with Gasteiger partial charge >= 0.3 is 5.69 Å². The summed E-state index contributed by atoms with van der Waals surface area (Å²) in [5.74, 6) is 0.726. The van der Waals surface area contributed by atoms with Gasteiger partial charge in [0.1, 0.15) is 12.0 Å². The van der Waals surface area contributed by atoms with Crippen molar-refractivity contribution in [2.45, 2.75) is 13.2 Å². The van der Waals surface area contributed by atoms with Crippen LogP contribution in [-0.2, 0) is 0 Å². The van der Waals surface area contributed by atoms with Gasteiger partial charge in [-0.15, -0.1) is 0 Å². The summed E-state index contributed by atoms with van der Waals surface area (Å²) in [7, 11) is 1.58. The molecule has 1 N–H and O–H groups in total. The van der Waals surface area contributed by atoms with E-state index in [1.165, 1.54) is 13.1 Å². The van der Waals surface area contributed by atoms with Gasteiger partial charge in [0, 0.05) is 5.56 Å². The Morgan fingerprint density at radius 1 is 1.33 bits per heavy atom. The van der Waals surface area contributed by atoms with E-state index in [-0.39, 0.29) is 0 Å². The van der Waals surface area contributed by atoms with Gasteiger partial charge in [0.2, 0.25) is 0 Å². The molecule has 94 valence electrons. The van der Waals surface area contributed by atoms with E-state index in [9.17, 15) is 9.90 Å². The highest BCUT2D eigenvalue weighted by Crippen LogP contribution is 2.18. The lowest BCUT2D eigenvalue weighted by molar-refractivity contribution is 0.103. The fourth-order valence-electron chi connectivity index (χ4n) is 1.51. The molecule has 0 spiro atoms. The minimum absolute atomic E-state index is 0.458. The molecule has 1 aromatic carbocycles. The number of nitrogens with zero attached hydrogens (tertiary/aromatic N) is 3. The van der Waals surface area contributed by atoms with Crippen LogP contribution in [0.3, 0.4) is 0 Å². The number of ether oxygens (including phenoxy) is 1. The minimum Gasteiger partial charge on any atom is -0.497 e. The first kappa shape index (κ1) is 12.3. The largest absolute Gasteiger partial charge is 0.497 e. The van der Waals surface area contributed by atoms with Crippen LogP contribution in [0.2, 0.25) is 0 Å². The first-order valence-corrected chi connectivity index (χ1v) is 5.40. The molecule has 0 fully saturated rings. The maximum atomic E-state index is 11.6. The van der Waals surface area contributed by atoms with Crippen molar-refractivity contribution in [1.29, 1.82) is 0 Å². The van der Waals surface area contributed by atoms with Crippen molar-refractivity contribution in [2.75, 3.05) is 7.11 Å². The number of hydrogen-bond acceptors (Lipinski definition) is 5. The molecule has 0 aliphatic rings. The Bertz CT molecular complexity index is 590. The average molecular weight is 247 g/mol. The van der Waals surface area contributed by atoms with Gasteiger partial charge in [0.05, 0.1) is 19.0 Å². The molecule has 1 aromatic heterocycles. The number of aliphatic hydroxyl groups is 1. The summed E-state index contributed by atoms with van der Waals surface area (Å²) < 4.78 is 5.95. The number of benzene rings is 1. The molecule has 1 heterocycles. The van der Waals surface area contributed by atoms with Gasteiger partial charge in [-0.1, -0.05) is 0 Å². The van der Waals surface area contributed by atoms with Gasteiger partial charge in [0.25, 0.3) is 0 Å². The second kappa shape index (κ2) is 4.97. The molecule has 0 aliphatic heterocycles. The molecule has 2 rings (SSSR count). The third-order valence-corrected chi connectivity index (χ3v) is 2.46. The third-order valence-electron chi connectivity index (χ3n) is 2.46. The van der Waals surface area contributed by atoms with Crippen LogP contribution in [0.15, 0.2) is 35.3 Å². The summed E-state index contributed by atoms with van der Waals surface area (Å²) in [5.41, 5.74) is 0.635.